The second-order valence-corrected chi connectivity index (χ2v) is 5.66. The molecule has 104 valence electrons. The topological polar surface area (TPSA) is 32.3 Å². The first kappa shape index (κ1) is 14.8. The summed E-state index contributed by atoms with van der Waals surface area (Å²) in [5, 5.41) is 4.36. The van der Waals surface area contributed by atoms with Gasteiger partial charge in [0.15, 0.2) is 5.78 Å². The van der Waals surface area contributed by atoms with E-state index in [1.54, 1.807) is 12.1 Å². The Bertz CT molecular complexity index is 443. The van der Waals surface area contributed by atoms with E-state index in [1.165, 1.54) is 0 Å². The molecule has 1 aliphatic heterocycles. The smallest absolute Gasteiger partial charge is 0.151 e. The highest BCUT2D eigenvalue weighted by atomic mass is 35.5. The summed E-state index contributed by atoms with van der Waals surface area (Å²) in [5.74, 6) is 0.222. The molecule has 0 aromatic heterocycles. The molecule has 3 nitrogen and oxygen atoms in total. The van der Waals surface area contributed by atoms with Gasteiger partial charge >= 0.3 is 0 Å². The molecule has 1 heterocycles. The van der Waals surface area contributed by atoms with E-state index in [9.17, 15) is 4.79 Å². The lowest BCUT2D eigenvalue weighted by Gasteiger charge is -2.18. The van der Waals surface area contributed by atoms with Crippen LogP contribution in [0, 0.1) is 0 Å². The van der Waals surface area contributed by atoms with Crippen molar-refractivity contribution in [1.29, 1.82) is 0 Å². The van der Waals surface area contributed by atoms with Crippen LogP contribution in [0.5, 0.6) is 0 Å². The van der Waals surface area contributed by atoms with Crippen LogP contribution in [0.1, 0.15) is 12.0 Å². The Balaban J connectivity index is 1.87. The van der Waals surface area contributed by atoms with E-state index in [0.717, 1.165) is 38.2 Å². The van der Waals surface area contributed by atoms with E-state index in [-0.39, 0.29) is 5.78 Å². The monoisotopic (exact) mass is 300 g/mol. The number of Topliss-reactive ketones (excluding diaryl/α,β-unsaturated/α-hetero) is 1. The molecule has 1 N–H and O–H groups in total. The Hall–Kier alpha value is -0.610. The van der Waals surface area contributed by atoms with Crippen molar-refractivity contribution < 1.29 is 4.79 Å². The molecule has 0 saturated carbocycles. The van der Waals surface area contributed by atoms with Crippen molar-refractivity contribution in [3.63, 3.8) is 0 Å². The Morgan fingerprint density at radius 2 is 2.05 bits per heavy atom. The number of hydrogen-bond donors (Lipinski definition) is 1. The quantitative estimate of drug-likeness (QED) is 0.927. The van der Waals surface area contributed by atoms with Crippen molar-refractivity contribution in [3.8, 4) is 0 Å². The number of carbonyl (C=O) groups is 1. The van der Waals surface area contributed by atoms with Gasteiger partial charge in [0.25, 0.3) is 0 Å². The van der Waals surface area contributed by atoms with E-state index in [2.05, 4.69) is 10.2 Å². The van der Waals surface area contributed by atoms with E-state index in [0.29, 0.717) is 23.0 Å². The lowest BCUT2D eigenvalue weighted by atomic mass is 10.1. The normalized spacial score (nSPS) is 17.2. The third-order valence-corrected chi connectivity index (χ3v) is 3.96. The minimum atomic E-state index is 0.222. The van der Waals surface area contributed by atoms with E-state index < -0.39 is 0 Å². The molecular weight excluding hydrogens is 283 g/mol. The van der Waals surface area contributed by atoms with Crippen LogP contribution < -0.4 is 5.32 Å². The zero-order valence-corrected chi connectivity index (χ0v) is 12.3. The Kier molecular flexibility index (Phi) is 5.64. The molecule has 0 aliphatic carbocycles. The number of ketones is 1. The first-order valence-electron chi connectivity index (χ1n) is 6.54. The van der Waals surface area contributed by atoms with Crippen molar-refractivity contribution in [3.05, 3.63) is 33.8 Å². The Morgan fingerprint density at radius 1 is 1.21 bits per heavy atom. The third kappa shape index (κ3) is 4.77. The predicted octanol–water partition coefficient (Wildman–Crippen LogP) is 2.40. The maximum atomic E-state index is 12.1. The lowest BCUT2D eigenvalue weighted by molar-refractivity contribution is -0.119. The summed E-state index contributed by atoms with van der Waals surface area (Å²) in [6.45, 7) is 4.44. The molecule has 0 amide bonds. The van der Waals surface area contributed by atoms with Gasteiger partial charge in [-0.25, -0.2) is 0 Å². The number of nitrogens with one attached hydrogen (secondary N) is 1. The highest BCUT2D eigenvalue weighted by Crippen LogP contribution is 2.22. The maximum absolute atomic E-state index is 12.1. The Morgan fingerprint density at radius 3 is 2.84 bits per heavy atom. The standard InChI is InChI=1S/C14H18Cl2N2O/c15-13-3-2-11(9-14(13)16)8-12(19)10-18-6-1-4-17-5-7-18/h2-3,9,17H,1,4-8,10H2. The van der Waals surface area contributed by atoms with Crippen LogP contribution in [0.2, 0.25) is 10.0 Å². The molecule has 1 saturated heterocycles. The summed E-state index contributed by atoms with van der Waals surface area (Å²) in [4.78, 5) is 14.3. The van der Waals surface area contributed by atoms with Crippen molar-refractivity contribution in [2.75, 3.05) is 32.7 Å². The molecule has 0 unspecified atom stereocenters. The van der Waals surface area contributed by atoms with Gasteiger partial charge in [0.2, 0.25) is 0 Å². The van der Waals surface area contributed by atoms with Crippen LogP contribution in [0.25, 0.3) is 0 Å². The zero-order valence-electron chi connectivity index (χ0n) is 10.8. The van der Waals surface area contributed by atoms with Gasteiger partial charge in [-0.3, -0.25) is 9.69 Å². The molecule has 0 atom stereocenters. The molecule has 0 radical (unpaired) electrons. The zero-order chi connectivity index (χ0) is 13.7. The average molecular weight is 301 g/mol. The van der Waals surface area contributed by atoms with Crippen LogP contribution in [0.3, 0.4) is 0 Å². The number of hydrogen-bond acceptors (Lipinski definition) is 3. The number of benzene rings is 1. The SMILES string of the molecule is O=C(Cc1ccc(Cl)c(Cl)c1)CN1CCCNCC1. The van der Waals surface area contributed by atoms with E-state index in [4.69, 9.17) is 23.2 Å². The molecule has 19 heavy (non-hydrogen) atoms. The summed E-state index contributed by atoms with van der Waals surface area (Å²) in [7, 11) is 0. The molecule has 5 heteroatoms. The number of halogens is 2. The molecule has 1 aromatic rings. The fourth-order valence-electron chi connectivity index (χ4n) is 2.24. The molecule has 0 spiro atoms. The summed E-state index contributed by atoms with van der Waals surface area (Å²) >= 11 is 11.8. The molecule has 1 aliphatic rings. The van der Waals surface area contributed by atoms with Crippen LogP contribution >= 0.6 is 23.2 Å². The van der Waals surface area contributed by atoms with Crippen LogP contribution in [0.4, 0.5) is 0 Å². The maximum Gasteiger partial charge on any atom is 0.151 e. The van der Waals surface area contributed by atoms with E-state index in [1.807, 2.05) is 6.07 Å². The minimum absolute atomic E-state index is 0.222. The predicted molar refractivity (Wildman–Crippen MR) is 79.1 cm³/mol. The fourth-order valence-corrected chi connectivity index (χ4v) is 2.56. The van der Waals surface area contributed by atoms with Gasteiger partial charge in [0.05, 0.1) is 16.6 Å². The second-order valence-electron chi connectivity index (χ2n) is 4.84. The van der Waals surface area contributed by atoms with Crippen molar-refractivity contribution in [2.45, 2.75) is 12.8 Å². The van der Waals surface area contributed by atoms with Crippen molar-refractivity contribution in [2.24, 2.45) is 0 Å². The average Bonchev–Trinajstić information content (AvgIpc) is 2.62. The number of rotatable bonds is 4. The minimum Gasteiger partial charge on any atom is -0.315 e. The second kappa shape index (κ2) is 7.25. The summed E-state index contributed by atoms with van der Waals surface area (Å²) in [6, 6.07) is 5.37. The molecule has 1 fully saturated rings. The van der Waals surface area contributed by atoms with Gasteiger partial charge in [-0.1, -0.05) is 29.3 Å². The molecular formula is C14H18Cl2N2O. The van der Waals surface area contributed by atoms with Crippen LogP contribution in [-0.2, 0) is 11.2 Å². The highest BCUT2D eigenvalue weighted by Gasteiger charge is 2.13. The van der Waals surface area contributed by atoms with Crippen molar-refractivity contribution in [1.82, 2.24) is 10.2 Å². The molecule has 1 aromatic carbocycles. The fraction of sp³-hybridized carbons (Fsp3) is 0.500. The van der Waals surface area contributed by atoms with Gasteiger partial charge in [0.1, 0.15) is 0 Å². The molecule has 0 bridgehead atoms. The van der Waals surface area contributed by atoms with Crippen LogP contribution in [-0.4, -0.2) is 43.4 Å². The number of carbonyl (C=O) groups excluding carboxylic acids is 1. The van der Waals surface area contributed by atoms with E-state index >= 15 is 0 Å². The third-order valence-electron chi connectivity index (χ3n) is 3.22. The van der Waals surface area contributed by atoms with Crippen LogP contribution in [0.15, 0.2) is 18.2 Å². The summed E-state index contributed by atoms with van der Waals surface area (Å²) < 4.78 is 0. The van der Waals surface area contributed by atoms with Gasteiger partial charge in [0, 0.05) is 19.5 Å². The largest absolute Gasteiger partial charge is 0.315 e. The Labute approximate surface area is 123 Å². The first-order chi connectivity index (χ1) is 9.15. The van der Waals surface area contributed by atoms with Gasteiger partial charge in [-0.15, -0.1) is 0 Å². The highest BCUT2D eigenvalue weighted by molar-refractivity contribution is 6.42. The summed E-state index contributed by atoms with van der Waals surface area (Å²) in [5.41, 5.74) is 0.923. The number of nitrogens with zero attached hydrogens (tertiary/aromatic N) is 1. The first-order valence-corrected chi connectivity index (χ1v) is 7.29. The lowest BCUT2D eigenvalue weighted by Crippen LogP contribution is -2.33. The molecule has 2 rings (SSSR count). The van der Waals surface area contributed by atoms with Gasteiger partial charge in [-0.2, -0.15) is 0 Å². The van der Waals surface area contributed by atoms with Gasteiger partial charge in [-0.05, 0) is 37.2 Å². The van der Waals surface area contributed by atoms with Gasteiger partial charge < -0.3 is 5.32 Å². The van der Waals surface area contributed by atoms with Crippen molar-refractivity contribution >= 4 is 29.0 Å². The summed E-state index contributed by atoms with van der Waals surface area (Å²) in [6.07, 6.45) is 1.51.